The van der Waals surface area contributed by atoms with Crippen molar-refractivity contribution in [3.05, 3.63) is 47.0 Å². The number of nitrogens with zero attached hydrogens (tertiary/aromatic N) is 1. The quantitative estimate of drug-likeness (QED) is 0.637. The minimum absolute atomic E-state index is 0.0481. The lowest BCUT2D eigenvalue weighted by Crippen LogP contribution is -2.52. The van der Waals surface area contributed by atoms with Gasteiger partial charge in [0.1, 0.15) is 5.75 Å². The molecule has 8 heteroatoms. The van der Waals surface area contributed by atoms with E-state index in [1.54, 1.807) is 39.5 Å². The van der Waals surface area contributed by atoms with E-state index in [1.165, 1.54) is 5.56 Å². The number of anilines is 1. The first-order valence-electron chi connectivity index (χ1n) is 11.2. The maximum Gasteiger partial charge on any atom is 0.319 e. The monoisotopic (exact) mass is 473 g/mol. The van der Waals surface area contributed by atoms with E-state index in [9.17, 15) is 4.79 Å². The molecule has 1 heterocycles. The molecule has 3 atom stereocenters. The highest BCUT2D eigenvalue weighted by Gasteiger charge is 2.50. The van der Waals surface area contributed by atoms with E-state index < -0.39 is 0 Å². The zero-order valence-corrected chi connectivity index (χ0v) is 20.4. The average molecular weight is 474 g/mol. The van der Waals surface area contributed by atoms with Crippen LogP contribution in [0.1, 0.15) is 31.2 Å². The summed E-state index contributed by atoms with van der Waals surface area (Å²) in [4.78, 5) is 15.1. The van der Waals surface area contributed by atoms with Crippen molar-refractivity contribution in [2.24, 2.45) is 0 Å². The van der Waals surface area contributed by atoms with Crippen molar-refractivity contribution in [1.82, 2.24) is 10.2 Å². The molecule has 0 unspecified atom stereocenters. The largest absolute Gasteiger partial charge is 0.495 e. The van der Waals surface area contributed by atoms with Crippen LogP contribution in [-0.4, -0.2) is 57.9 Å². The van der Waals surface area contributed by atoms with Crippen LogP contribution in [0.2, 0.25) is 5.02 Å². The van der Waals surface area contributed by atoms with E-state index in [0.717, 1.165) is 43.7 Å². The van der Waals surface area contributed by atoms with Gasteiger partial charge in [0.2, 0.25) is 0 Å². The predicted molar refractivity (Wildman–Crippen MR) is 130 cm³/mol. The summed E-state index contributed by atoms with van der Waals surface area (Å²) in [6.07, 6.45) is 3.89. The first kappa shape index (κ1) is 23.5. The van der Waals surface area contributed by atoms with Gasteiger partial charge in [-0.15, -0.1) is 0 Å². The Bertz CT molecular complexity index is 1020. The van der Waals surface area contributed by atoms with Crippen LogP contribution in [0.15, 0.2) is 36.4 Å². The van der Waals surface area contributed by atoms with Gasteiger partial charge in [0, 0.05) is 23.2 Å². The maximum atomic E-state index is 12.7. The summed E-state index contributed by atoms with van der Waals surface area (Å²) in [6, 6.07) is 11.7. The molecule has 0 aromatic heterocycles. The second kappa shape index (κ2) is 9.69. The highest BCUT2D eigenvalue weighted by atomic mass is 35.5. The van der Waals surface area contributed by atoms with Crippen LogP contribution in [0, 0.1) is 0 Å². The van der Waals surface area contributed by atoms with Gasteiger partial charge in [-0.3, -0.25) is 0 Å². The van der Waals surface area contributed by atoms with Crippen molar-refractivity contribution in [3.63, 3.8) is 0 Å². The van der Waals surface area contributed by atoms with Crippen LogP contribution < -0.4 is 24.8 Å². The molecular formula is C25H32ClN3O4. The van der Waals surface area contributed by atoms with Crippen molar-refractivity contribution < 1.29 is 19.0 Å². The first-order valence-corrected chi connectivity index (χ1v) is 11.6. The molecule has 0 spiro atoms. The van der Waals surface area contributed by atoms with Crippen molar-refractivity contribution >= 4 is 23.3 Å². The third-order valence-electron chi connectivity index (χ3n) is 7.23. The number of likely N-dealkylation sites (N-methyl/N-ethyl adjacent to an activating group) is 1. The summed E-state index contributed by atoms with van der Waals surface area (Å²) in [6.45, 7) is 1.03. The molecule has 2 aromatic carbocycles. The fourth-order valence-corrected chi connectivity index (χ4v) is 5.75. The summed E-state index contributed by atoms with van der Waals surface area (Å²) < 4.78 is 16.2. The van der Waals surface area contributed by atoms with E-state index in [1.807, 2.05) is 6.07 Å². The number of carbonyl (C=O) groups is 1. The SMILES string of the molecule is COc1ccc(NC(=O)N[C@@H]2CC[C@@]3(c4ccc(OC)c(OC)c4)CCN(C)[C@H]3C2)cc1Cl. The van der Waals surface area contributed by atoms with Crippen molar-refractivity contribution in [2.75, 3.05) is 40.2 Å². The Labute approximate surface area is 200 Å². The molecule has 7 nitrogen and oxygen atoms in total. The van der Waals surface area contributed by atoms with Gasteiger partial charge in [0.15, 0.2) is 11.5 Å². The summed E-state index contributed by atoms with van der Waals surface area (Å²) in [7, 11) is 7.07. The van der Waals surface area contributed by atoms with Crippen molar-refractivity contribution in [2.45, 2.75) is 43.2 Å². The molecular weight excluding hydrogens is 442 g/mol. The van der Waals surface area contributed by atoms with E-state index in [4.69, 9.17) is 25.8 Å². The first-order chi connectivity index (χ1) is 15.9. The summed E-state index contributed by atoms with van der Waals surface area (Å²) in [5.41, 5.74) is 1.96. The molecule has 4 rings (SSSR count). The van der Waals surface area contributed by atoms with Gasteiger partial charge < -0.3 is 29.7 Å². The van der Waals surface area contributed by atoms with Crippen molar-refractivity contribution in [3.8, 4) is 17.2 Å². The number of hydrogen-bond donors (Lipinski definition) is 2. The normalized spacial score (nSPS) is 24.6. The highest BCUT2D eigenvalue weighted by molar-refractivity contribution is 6.32. The molecule has 1 saturated heterocycles. The molecule has 1 saturated carbocycles. The molecule has 178 valence electrons. The summed E-state index contributed by atoms with van der Waals surface area (Å²) in [5.74, 6) is 2.08. The number of halogens is 1. The number of urea groups is 1. The number of methoxy groups -OCH3 is 3. The minimum atomic E-state index is -0.222. The molecule has 33 heavy (non-hydrogen) atoms. The number of likely N-dealkylation sites (tertiary alicyclic amines) is 1. The number of hydrogen-bond acceptors (Lipinski definition) is 5. The topological polar surface area (TPSA) is 72.1 Å². The number of ether oxygens (including phenoxy) is 3. The van der Waals surface area contributed by atoms with Gasteiger partial charge in [-0.1, -0.05) is 17.7 Å². The van der Waals surface area contributed by atoms with Gasteiger partial charge in [-0.05, 0) is 75.2 Å². The molecule has 2 aliphatic rings. The lowest BCUT2D eigenvalue weighted by Gasteiger charge is -2.45. The lowest BCUT2D eigenvalue weighted by atomic mass is 9.65. The average Bonchev–Trinajstić information content (AvgIpc) is 3.15. The van der Waals surface area contributed by atoms with Crippen molar-refractivity contribution in [1.29, 1.82) is 0 Å². The van der Waals surface area contributed by atoms with Crippen LogP contribution in [0.3, 0.4) is 0 Å². The fourth-order valence-electron chi connectivity index (χ4n) is 5.49. The minimum Gasteiger partial charge on any atom is -0.495 e. The molecule has 2 N–H and O–H groups in total. The van der Waals surface area contributed by atoms with E-state index >= 15 is 0 Å². The highest BCUT2D eigenvalue weighted by Crippen LogP contribution is 2.49. The number of nitrogens with one attached hydrogen (secondary N) is 2. The Morgan fingerprint density at radius 3 is 2.45 bits per heavy atom. The van der Waals surface area contributed by atoms with Gasteiger partial charge in [0.25, 0.3) is 0 Å². The Hall–Kier alpha value is -2.64. The zero-order valence-electron chi connectivity index (χ0n) is 19.6. The lowest BCUT2D eigenvalue weighted by molar-refractivity contribution is 0.156. The van der Waals surface area contributed by atoms with Crippen LogP contribution in [0.4, 0.5) is 10.5 Å². The Morgan fingerprint density at radius 2 is 1.76 bits per heavy atom. The molecule has 2 fully saturated rings. The molecule has 1 aliphatic heterocycles. The second-order valence-electron chi connectivity index (χ2n) is 8.89. The summed E-state index contributed by atoms with van der Waals surface area (Å²) in [5, 5.41) is 6.51. The molecule has 2 amide bonds. The zero-order chi connectivity index (χ0) is 23.6. The van der Waals surface area contributed by atoms with Crippen LogP contribution in [0.25, 0.3) is 0 Å². The molecule has 2 aromatic rings. The second-order valence-corrected chi connectivity index (χ2v) is 9.30. The molecule has 0 bridgehead atoms. The maximum absolute atomic E-state index is 12.7. The summed E-state index contributed by atoms with van der Waals surface area (Å²) >= 11 is 6.18. The Kier molecular flexibility index (Phi) is 6.91. The van der Waals surface area contributed by atoms with E-state index in [0.29, 0.717) is 22.5 Å². The number of fused-ring (bicyclic) bond motifs is 1. The fraction of sp³-hybridized carbons (Fsp3) is 0.480. The van der Waals surface area contributed by atoms with Crippen LogP contribution >= 0.6 is 11.6 Å². The van der Waals surface area contributed by atoms with E-state index in [-0.39, 0.29) is 17.5 Å². The third-order valence-corrected chi connectivity index (χ3v) is 7.53. The van der Waals surface area contributed by atoms with Crippen LogP contribution in [0.5, 0.6) is 17.2 Å². The van der Waals surface area contributed by atoms with Crippen LogP contribution in [-0.2, 0) is 5.41 Å². The Morgan fingerprint density at radius 1 is 1.03 bits per heavy atom. The predicted octanol–water partition coefficient (Wildman–Crippen LogP) is 4.68. The van der Waals surface area contributed by atoms with Gasteiger partial charge in [-0.25, -0.2) is 4.79 Å². The standard InChI is InChI=1S/C25H32ClN3O4/c1-29-12-11-25(16-5-7-21(32-3)22(13-16)33-4)10-9-18(15-23(25)29)28-24(30)27-17-6-8-20(31-2)19(26)14-17/h5-8,13-14,18,23H,9-12,15H2,1-4H3,(H2,27,28,30)/t18-,23+,25+/m1/s1. The molecule has 0 radical (unpaired) electrons. The molecule has 1 aliphatic carbocycles. The van der Waals surface area contributed by atoms with Gasteiger partial charge in [-0.2, -0.15) is 0 Å². The number of benzene rings is 2. The number of rotatable bonds is 6. The number of amides is 2. The third kappa shape index (κ3) is 4.57. The number of carbonyl (C=O) groups excluding carboxylic acids is 1. The smallest absolute Gasteiger partial charge is 0.319 e. The van der Waals surface area contributed by atoms with E-state index in [2.05, 4.69) is 34.7 Å². The van der Waals surface area contributed by atoms with Gasteiger partial charge in [0.05, 0.1) is 26.4 Å². The van der Waals surface area contributed by atoms with Gasteiger partial charge >= 0.3 is 6.03 Å². The Balaban J connectivity index is 1.46.